The Bertz CT molecular complexity index is 788. The van der Waals surface area contributed by atoms with Gasteiger partial charge in [0.05, 0.1) is 0 Å². The molecule has 0 saturated heterocycles. The Balaban J connectivity index is 2.32. The Hall–Kier alpha value is -2.95. The van der Waals surface area contributed by atoms with Crippen molar-refractivity contribution in [1.82, 2.24) is 10.6 Å². The molecule has 1 aliphatic carbocycles. The standard InChI is InChI=1S/C20H20N2O3/c1-21-17(23)11-20(12-18(24)22-2)15-9-5-3-7-13(15)19(25)14-8-4-6-10-16(14)20/h3-10H,11-12H2,1-2H3,(H,21,23)(H,22,24). The van der Waals surface area contributed by atoms with Gasteiger partial charge in [-0.3, -0.25) is 14.4 Å². The van der Waals surface area contributed by atoms with Crippen LogP contribution in [-0.4, -0.2) is 31.7 Å². The summed E-state index contributed by atoms with van der Waals surface area (Å²) in [5, 5.41) is 5.29. The first-order valence-electron chi connectivity index (χ1n) is 8.18. The maximum Gasteiger partial charge on any atom is 0.220 e. The molecular weight excluding hydrogens is 316 g/mol. The summed E-state index contributed by atoms with van der Waals surface area (Å²) >= 11 is 0. The molecule has 2 aromatic rings. The van der Waals surface area contributed by atoms with Crippen LogP contribution in [0.3, 0.4) is 0 Å². The van der Waals surface area contributed by atoms with Crippen molar-refractivity contribution >= 4 is 17.6 Å². The van der Waals surface area contributed by atoms with Crippen LogP contribution in [0.15, 0.2) is 48.5 Å². The third-order valence-electron chi connectivity index (χ3n) is 4.86. The van der Waals surface area contributed by atoms with Crippen LogP contribution in [0.2, 0.25) is 0 Å². The van der Waals surface area contributed by atoms with Gasteiger partial charge in [0.15, 0.2) is 5.78 Å². The summed E-state index contributed by atoms with van der Waals surface area (Å²) in [6.07, 6.45) is 0.191. The predicted molar refractivity (Wildman–Crippen MR) is 94.5 cm³/mol. The van der Waals surface area contributed by atoms with E-state index in [4.69, 9.17) is 0 Å². The fraction of sp³-hybridized carbons (Fsp3) is 0.250. The molecule has 2 amide bonds. The SMILES string of the molecule is CNC(=O)CC1(CC(=O)NC)c2ccccc2C(=O)c2ccccc21. The highest BCUT2D eigenvalue weighted by molar-refractivity contribution is 6.13. The summed E-state index contributed by atoms with van der Waals surface area (Å²) in [6.45, 7) is 0. The number of carbonyl (C=O) groups excluding carboxylic acids is 3. The average Bonchev–Trinajstić information content (AvgIpc) is 2.66. The summed E-state index contributed by atoms with van der Waals surface area (Å²) in [5.41, 5.74) is 1.68. The molecule has 0 saturated carbocycles. The Kier molecular flexibility index (Phi) is 4.40. The Morgan fingerprint density at radius 1 is 0.800 bits per heavy atom. The summed E-state index contributed by atoms with van der Waals surface area (Å²) in [5.74, 6) is -0.429. The highest BCUT2D eigenvalue weighted by Crippen LogP contribution is 2.46. The molecule has 0 atom stereocenters. The lowest BCUT2D eigenvalue weighted by molar-refractivity contribution is -0.123. The first-order valence-corrected chi connectivity index (χ1v) is 8.18. The molecule has 2 N–H and O–H groups in total. The monoisotopic (exact) mass is 336 g/mol. The Morgan fingerprint density at radius 2 is 1.20 bits per heavy atom. The summed E-state index contributed by atoms with van der Waals surface area (Å²) < 4.78 is 0. The fourth-order valence-electron chi connectivity index (χ4n) is 3.66. The van der Waals surface area contributed by atoms with E-state index in [-0.39, 0.29) is 30.4 Å². The fourth-order valence-corrected chi connectivity index (χ4v) is 3.66. The van der Waals surface area contributed by atoms with E-state index < -0.39 is 5.41 Å². The van der Waals surface area contributed by atoms with Crippen LogP contribution in [0.5, 0.6) is 0 Å². The minimum Gasteiger partial charge on any atom is -0.359 e. The molecule has 0 fully saturated rings. The molecule has 0 radical (unpaired) electrons. The lowest BCUT2D eigenvalue weighted by atomic mass is 9.62. The van der Waals surface area contributed by atoms with Crippen molar-refractivity contribution in [3.63, 3.8) is 0 Å². The summed E-state index contributed by atoms with van der Waals surface area (Å²) in [7, 11) is 3.14. The number of amides is 2. The van der Waals surface area contributed by atoms with Crippen molar-refractivity contribution in [3.8, 4) is 0 Å². The van der Waals surface area contributed by atoms with Crippen molar-refractivity contribution in [2.45, 2.75) is 18.3 Å². The van der Waals surface area contributed by atoms with Crippen LogP contribution in [0, 0.1) is 0 Å². The number of hydrogen-bond donors (Lipinski definition) is 2. The number of rotatable bonds is 4. The zero-order chi connectivity index (χ0) is 18.0. The minimum absolute atomic E-state index is 0.0735. The molecular formula is C20H20N2O3. The van der Waals surface area contributed by atoms with E-state index >= 15 is 0 Å². The van der Waals surface area contributed by atoms with Crippen molar-refractivity contribution in [2.24, 2.45) is 0 Å². The van der Waals surface area contributed by atoms with Gasteiger partial charge in [0.1, 0.15) is 0 Å². The molecule has 0 bridgehead atoms. The van der Waals surface area contributed by atoms with E-state index in [1.165, 1.54) is 0 Å². The third-order valence-corrected chi connectivity index (χ3v) is 4.86. The predicted octanol–water partition coefficient (Wildman–Crippen LogP) is 1.79. The lowest BCUT2D eigenvalue weighted by Gasteiger charge is -2.39. The summed E-state index contributed by atoms with van der Waals surface area (Å²) in [4.78, 5) is 37.6. The number of fused-ring (bicyclic) bond motifs is 2. The third kappa shape index (κ3) is 2.71. The first kappa shape index (κ1) is 16.9. The van der Waals surface area contributed by atoms with Gasteiger partial charge in [-0.05, 0) is 11.1 Å². The molecule has 0 aliphatic heterocycles. The maximum absolute atomic E-state index is 12.9. The quantitative estimate of drug-likeness (QED) is 0.894. The van der Waals surface area contributed by atoms with Crippen LogP contribution in [-0.2, 0) is 15.0 Å². The second kappa shape index (κ2) is 6.51. The van der Waals surface area contributed by atoms with Gasteiger partial charge in [0.25, 0.3) is 0 Å². The van der Waals surface area contributed by atoms with Crippen molar-refractivity contribution in [1.29, 1.82) is 0 Å². The van der Waals surface area contributed by atoms with Gasteiger partial charge in [0, 0.05) is 43.5 Å². The molecule has 1 aliphatic rings. The summed E-state index contributed by atoms with van der Waals surface area (Å²) in [6, 6.07) is 14.5. The smallest absolute Gasteiger partial charge is 0.220 e. The van der Waals surface area contributed by atoms with Gasteiger partial charge >= 0.3 is 0 Å². The molecule has 2 aromatic carbocycles. The Labute approximate surface area is 146 Å². The molecule has 5 heteroatoms. The highest BCUT2D eigenvalue weighted by atomic mass is 16.2. The van der Waals surface area contributed by atoms with Gasteiger partial charge in [-0.15, -0.1) is 0 Å². The minimum atomic E-state index is -0.874. The number of hydrogen-bond acceptors (Lipinski definition) is 3. The van der Waals surface area contributed by atoms with Crippen molar-refractivity contribution in [3.05, 3.63) is 70.8 Å². The second-order valence-corrected chi connectivity index (χ2v) is 6.20. The van der Waals surface area contributed by atoms with Crippen molar-refractivity contribution in [2.75, 3.05) is 14.1 Å². The van der Waals surface area contributed by atoms with Crippen LogP contribution < -0.4 is 10.6 Å². The number of ketones is 1. The number of benzene rings is 2. The Morgan fingerprint density at radius 3 is 1.60 bits per heavy atom. The van der Waals surface area contributed by atoms with E-state index in [0.717, 1.165) is 11.1 Å². The van der Waals surface area contributed by atoms with E-state index in [2.05, 4.69) is 10.6 Å². The molecule has 0 aromatic heterocycles. The van der Waals surface area contributed by atoms with Gasteiger partial charge in [-0.2, -0.15) is 0 Å². The van der Waals surface area contributed by atoms with Crippen LogP contribution >= 0.6 is 0 Å². The zero-order valence-electron chi connectivity index (χ0n) is 14.3. The van der Waals surface area contributed by atoms with E-state index in [9.17, 15) is 14.4 Å². The number of carbonyl (C=O) groups is 3. The van der Waals surface area contributed by atoms with E-state index in [1.807, 2.05) is 24.3 Å². The van der Waals surface area contributed by atoms with E-state index in [1.54, 1.807) is 38.4 Å². The second-order valence-electron chi connectivity index (χ2n) is 6.20. The topological polar surface area (TPSA) is 75.3 Å². The van der Waals surface area contributed by atoms with Crippen LogP contribution in [0.1, 0.15) is 39.9 Å². The van der Waals surface area contributed by atoms with Gasteiger partial charge in [-0.25, -0.2) is 0 Å². The van der Waals surface area contributed by atoms with Crippen LogP contribution in [0.25, 0.3) is 0 Å². The molecule has 3 rings (SSSR count). The first-order chi connectivity index (χ1) is 12.0. The van der Waals surface area contributed by atoms with E-state index in [0.29, 0.717) is 11.1 Å². The molecule has 25 heavy (non-hydrogen) atoms. The maximum atomic E-state index is 12.9. The molecule has 5 nitrogen and oxygen atoms in total. The zero-order valence-corrected chi connectivity index (χ0v) is 14.3. The molecule has 0 spiro atoms. The molecule has 0 heterocycles. The van der Waals surface area contributed by atoms with Gasteiger partial charge in [0.2, 0.25) is 11.8 Å². The highest BCUT2D eigenvalue weighted by Gasteiger charge is 2.45. The van der Waals surface area contributed by atoms with Gasteiger partial charge < -0.3 is 10.6 Å². The van der Waals surface area contributed by atoms with Crippen molar-refractivity contribution < 1.29 is 14.4 Å². The lowest BCUT2D eigenvalue weighted by Crippen LogP contribution is -2.43. The normalized spacial score (nSPS) is 14.2. The largest absolute Gasteiger partial charge is 0.359 e. The van der Waals surface area contributed by atoms with Crippen LogP contribution in [0.4, 0.5) is 0 Å². The number of nitrogens with one attached hydrogen (secondary N) is 2. The molecule has 128 valence electrons. The van der Waals surface area contributed by atoms with Gasteiger partial charge in [-0.1, -0.05) is 48.5 Å². The average molecular weight is 336 g/mol. The molecule has 0 unspecified atom stereocenters.